The van der Waals surface area contributed by atoms with Crippen molar-refractivity contribution in [2.24, 2.45) is 0 Å². The Morgan fingerprint density at radius 1 is 1.06 bits per heavy atom. The molecule has 0 aliphatic carbocycles. The molecular formula is C14H22OSi. The molecule has 16 heavy (non-hydrogen) atoms. The zero-order chi connectivity index (χ0) is 11.3. The third-order valence-corrected chi connectivity index (χ3v) is 8.37. The summed E-state index contributed by atoms with van der Waals surface area (Å²) in [5.74, 6) is 0. The van der Waals surface area contributed by atoms with Crippen molar-refractivity contribution in [3.8, 4) is 0 Å². The minimum absolute atomic E-state index is 0.834. The molecule has 0 radical (unpaired) electrons. The average molecular weight is 234 g/mol. The van der Waals surface area contributed by atoms with Crippen molar-refractivity contribution in [2.75, 3.05) is 0 Å². The van der Waals surface area contributed by atoms with E-state index in [1.807, 2.05) is 0 Å². The topological polar surface area (TPSA) is 9.23 Å². The normalized spacial score (nSPS) is 19.6. The van der Waals surface area contributed by atoms with Crippen LogP contribution in [0.3, 0.4) is 0 Å². The van der Waals surface area contributed by atoms with E-state index in [1.165, 1.54) is 43.0 Å². The van der Waals surface area contributed by atoms with Gasteiger partial charge < -0.3 is 4.43 Å². The lowest BCUT2D eigenvalue weighted by atomic mass is 10.2. The highest BCUT2D eigenvalue weighted by Gasteiger charge is 2.34. The lowest BCUT2D eigenvalue weighted by Crippen LogP contribution is -2.39. The van der Waals surface area contributed by atoms with Gasteiger partial charge in [-0.3, -0.25) is 0 Å². The number of hydrogen-bond donors (Lipinski definition) is 0. The second-order valence-corrected chi connectivity index (χ2v) is 9.23. The molecule has 0 amide bonds. The standard InChI is InChI=1S/C14H22OSi/c1-2-16(11-7-4-8-12-16)15-13-14-9-5-3-6-10-14/h3,5-6,9-10H,2,4,7-8,11-13H2,1H3. The van der Waals surface area contributed by atoms with Crippen LogP contribution in [0.5, 0.6) is 0 Å². The predicted molar refractivity (Wildman–Crippen MR) is 70.9 cm³/mol. The van der Waals surface area contributed by atoms with Crippen molar-refractivity contribution in [1.29, 1.82) is 0 Å². The molecule has 1 nitrogen and oxygen atoms in total. The highest BCUT2D eigenvalue weighted by atomic mass is 28.4. The Balaban J connectivity index is 1.92. The van der Waals surface area contributed by atoms with E-state index >= 15 is 0 Å². The van der Waals surface area contributed by atoms with Crippen LogP contribution in [-0.2, 0) is 11.0 Å². The van der Waals surface area contributed by atoms with Crippen LogP contribution in [0, 0.1) is 0 Å². The molecule has 1 aromatic rings. The largest absolute Gasteiger partial charge is 0.413 e. The van der Waals surface area contributed by atoms with Crippen molar-refractivity contribution in [1.82, 2.24) is 0 Å². The minimum Gasteiger partial charge on any atom is -0.413 e. The van der Waals surface area contributed by atoms with E-state index in [-0.39, 0.29) is 0 Å². The van der Waals surface area contributed by atoms with Gasteiger partial charge in [0, 0.05) is 0 Å². The number of benzene rings is 1. The Bertz CT molecular complexity index is 304. The quantitative estimate of drug-likeness (QED) is 0.704. The molecule has 0 N–H and O–H groups in total. The van der Waals surface area contributed by atoms with Crippen LogP contribution in [0.15, 0.2) is 30.3 Å². The summed E-state index contributed by atoms with van der Waals surface area (Å²) in [6, 6.07) is 14.7. The van der Waals surface area contributed by atoms with Gasteiger partial charge in [-0.15, -0.1) is 0 Å². The molecule has 1 fully saturated rings. The Morgan fingerprint density at radius 2 is 1.75 bits per heavy atom. The van der Waals surface area contributed by atoms with Gasteiger partial charge in [0.15, 0.2) is 8.32 Å². The average Bonchev–Trinajstić information content (AvgIpc) is 2.39. The van der Waals surface area contributed by atoms with Crippen LogP contribution in [0.2, 0.25) is 18.1 Å². The summed E-state index contributed by atoms with van der Waals surface area (Å²) in [5, 5.41) is 0. The first-order chi connectivity index (χ1) is 7.85. The zero-order valence-corrected chi connectivity index (χ0v) is 11.2. The molecular weight excluding hydrogens is 212 g/mol. The van der Waals surface area contributed by atoms with Crippen molar-refractivity contribution in [3.05, 3.63) is 35.9 Å². The van der Waals surface area contributed by atoms with Crippen LogP contribution >= 0.6 is 0 Å². The van der Waals surface area contributed by atoms with E-state index in [2.05, 4.69) is 37.3 Å². The third-order valence-electron chi connectivity index (χ3n) is 3.80. The summed E-state index contributed by atoms with van der Waals surface area (Å²) in [7, 11) is -1.34. The predicted octanol–water partition coefficient (Wildman–Crippen LogP) is 4.35. The smallest absolute Gasteiger partial charge is 0.193 e. The molecule has 0 spiro atoms. The maximum Gasteiger partial charge on any atom is 0.193 e. The molecule has 1 heterocycles. The van der Waals surface area contributed by atoms with Crippen LogP contribution in [0.4, 0.5) is 0 Å². The van der Waals surface area contributed by atoms with Crippen LogP contribution < -0.4 is 0 Å². The Kier molecular flexibility index (Phi) is 4.19. The Hall–Kier alpha value is -0.603. The van der Waals surface area contributed by atoms with Gasteiger partial charge in [-0.2, -0.15) is 0 Å². The molecule has 88 valence electrons. The summed E-state index contributed by atoms with van der Waals surface area (Å²) in [4.78, 5) is 0. The van der Waals surface area contributed by atoms with Crippen LogP contribution in [0.1, 0.15) is 31.7 Å². The fourth-order valence-corrected chi connectivity index (χ4v) is 6.32. The molecule has 2 rings (SSSR count). The van der Waals surface area contributed by atoms with Crippen molar-refractivity contribution in [3.63, 3.8) is 0 Å². The van der Waals surface area contributed by atoms with Gasteiger partial charge in [-0.05, 0) is 23.7 Å². The summed E-state index contributed by atoms with van der Waals surface area (Å²) < 4.78 is 6.34. The van der Waals surface area contributed by atoms with Crippen LogP contribution in [0.25, 0.3) is 0 Å². The molecule has 0 saturated carbocycles. The summed E-state index contributed by atoms with van der Waals surface area (Å²) in [6.07, 6.45) is 4.22. The molecule has 1 saturated heterocycles. The van der Waals surface area contributed by atoms with Gasteiger partial charge in [0.25, 0.3) is 0 Å². The van der Waals surface area contributed by atoms with Gasteiger partial charge in [0.2, 0.25) is 0 Å². The molecule has 0 bridgehead atoms. The molecule has 0 unspecified atom stereocenters. The van der Waals surface area contributed by atoms with Crippen molar-refractivity contribution >= 4 is 8.32 Å². The van der Waals surface area contributed by atoms with Crippen LogP contribution in [-0.4, -0.2) is 8.32 Å². The Labute approximate surface area is 100.0 Å². The number of hydrogen-bond acceptors (Lipinski definition) is 1. The first kappa shape index (κ1) is 11.9. The van der Waals surface area contributed by atoms with Gasteiger partial charge in [-0.25, -0.2) is 0 Å². The highest BCUT2D eigenvalue weighted by molar-refractivity contribution is 6.73. The van der Waals surface area contributed by atoms with Crippen molar-refractivity contribution in [2.45, 2.75) is 50.9 Å². The first-order valence-corrected chi connectivity index (χ1v) is 9.05. The SMILES string of the molecule is CC[Si]1(OCc2ccccc2)CCCCC1. The van der Waals surface area contributed by atoms with E-state index < -0.39 is 8.32 Å². The monoisotopic (exact) mass is 234 g/mol. The maximum absolute atomic E-state index is 6.34. The van der Waals surface area contributed by atoms with Crippen molar-refractivity contribution < 1.29 is 4.43 Å². The van der Waals surface area contributed by atoms with E-state index in [1.54, 1.807) is 0 Å². The number of rotatable bonds is 4. The fraction of sp³-hybridized carbons (Fsp3) is 0.571. The van der Waals surface area contributed by atoms with E-state index in [0.29, 0.717) is 0 Å². The van der Waals surface area contributed by atoms with E-state index in [0.717, 1.165) is 6.61 Å². The fourth-order valence-electron chi connectivity index (χ4n) is 2.61. The van der Waals surface area contributed by atoms with Gasteiger partial charge in [-0.1, -0.05) is 56.5 Å². The molecule has 2 heteroatoms. The summed E-state index contributed by atoms with van der Waals surface area (Å²) >= 11 is 0. The summed E-state index contributed by atoms with van der Waals surface area (Å²) in [5.41, 5.74) is 1.33. The Morgan fingerprint density at radius 3 is 2.38 bits per heavy atom. The van der Waals surface area contributed by atoms with Gasteiger partial charge in [0.1, 0.15) is 0 Å². The maximum atomic E-state index is 6.34. The molecule has 0 atom stereocenters. The summed E-state index contributed by atoms with van der Waals surface area (Å²) in [6.45, 7) is 3.16. The first-order valence-electron chi connectivity index (χ1n) is 6.52. The minimum atomic E-state index is -1.34. The molecule has 1 aromatic carbocycles. The van der Waals surface area contributed by atoms with E-state index in [9.17, 15) is 0 Å². The van der Waals surface area contributed by atoms with Gasteiger partial charge >= 0.3 is 0 Å². The third kappa shape index (κ3) is 2.95. The second kappa shape index (κ2) is 5.64. The zero-order valence-electron chi connectivity index (χ0n) is 10.2. The lowest BCUT2D eigenvalue weighted by molar-refractivity contribution is 0.279. The second-order valence-electron chi connectivity index (χ2n) is 4.87. The lowest BCUT2D eigenvalue weighted by Gasteiger charge is -2.34. The van der Waals surface area contributed by atoms with E-state index in [4.69, 9.17) is 4.43 Å². The van der Waals surface area contributed by atoms with Gasteiger partial charge in [0.05, 0.1) is 6.61 Å². The molecule has 1 aliphatic rings. The molecule has 0 aromatic heterocycles. The molecule has 1 aliphatic heterocycles. The highest BCUT2D eigenvalue weighted by Crippen LogP contribution is 2.33.